The van der Waals surface area contributed by atoms with Gasteiger partial charge in [0, 0.05) is 24.5 Å². The van der Waals surface area contributed by atoms with Crippen LogP contribution in [0.1, 0.15) is 21.7 Å². The molecular weight excluding hydrogens is 242 g/mol. The van der Waals surface area contributed by atoms with Crippen LogP contribution in [0.25, 0.3) is 0 Å². The molecule has 0 bridgehead atoms. The molecule has 5 nitrogen and oxygen atoms in total. The molecule has 90 valence electrons. The highest BCUT2D eigenvalue weighted by Gasteiger charge is 2.13. The highest BCUT2D eigenvalue weighted by Crippen LogP contribution is 2.17. The molecule has 2 heterocycles. The van der Waals surface area contributed by atoms with Crippen LogP contribution in [0.2, 0.25) is 5.02 Å². The Morgan fingerprint density at radius 2 is 2.29 bits per heavy atom. The molecule has 0 aliphatic rings. The lowest BCUT2D eigenvalue weighted by molar-refractivity contribution is 0.0685. The van der Waals surface area contributed by atoms with Gasteiger partial charge in [0.15, 0.2) is 0 Å². The molecule has 0 saturated heterocycles. The summed E-state index contributed by atoms with van der Waals surface area (Å²) in [4.78, 5) is 11.0. The van der Waals surface area contributed by atoms with Crippen LogP contribution in [0, 0.1) is 6.92 Å². The molecule has 0 spiro atoms. The molecule has 0 aromatic carbocycles. The lowest BCUT2D eigenvalue weighted by Gasteiger charge is -2.05. The molecular formula is C11H12ClN3O2. The summed E-state index contributed by atoms with van der Waals surface area (Å²) in [5, 5.41) is 13.6. The smallest absolute Gasteiger partial charge is 0.352 e. The van der Waals surface area contributed by atoms with Crippen LogP contribution in [-0.2, 0) is 13.6 Å². The molecule has 0 aliphatic carbocycles. The number of carboxylic acid groups (broad SMARTS) is 1. The first-order valence-electron chi connectivity index (χ1n) is 5.05. The number of aromatic carboxylic acids is 1. The van der Waals surface area contributed by atoms with E-state index in [9.17, 15) is 4.79 Å². The molecule has 0 amide bonds. The quantitative estimate of drug-likeness (QED) is 0.909. The Balaban J connectivity index is 2.36. The average Bonchev–Trinajstić information content (AvgIpc) is 2.76. The molecule has 0 fully saturated rings. The van der Waals surface area contributed by atoms with Crippen LogP contribution in [0.15, 0.2) is 18.5 Å². The molecule has 17 heavy (non-hydrogen) atoms. The predicted molar refractivity (Wildman–Crippen MR) is 63.4 cm³/mol. The Hall–Kier alpha value is -1.75. The SMILES string of the molecule is Cc1c(Cn2cc(Cl)cc2C(=O)O)cnn1C. The number of aryl methyl sites for hydroxylation is 1. The van der Waals surface area contributed by atoms with Gasteiger partial charge in [-0.15, -0.1) is 0 Å². The fourth-order valence-corrected chi connectivity index (χ4v) is 1.89. The number of nitrogens with zero attached hydrogens (tertiary/aromatic N) is 3. The highest BCUT2D eigenvalue weighted by atomic mass is 35.5. The van der Waals surface area contributed by atoms with Gasteiger partial charge in [0.05, 0.1) is 17.8 Å². The zero-order chi connectivity index (χ0) is 12.6. The second-order valence-corrected chi connectivity index (χ2v) is 4.29. The minimum absolute atomic E-state index is 0.179. The number of halogens is 1. The average molecular weight is 254 g/mol. The molecule has 0 unspecified atom stereocenters. The minimum Gasteiger partial charge on any atom is -0.477 e. The number of hydrogen-bond acceptors (Lipinski definition) is 2. The summed E-state index contributed by atoms with van der Waals surface area (Å²) in [6, 6.07) is 1.44. The largest absolute Gasteiger partial charge is 0.477 e. The Morgan fingerprint density at radius 1 is 1.59 bits per heavy atom. The van der Waals surface area contributed by atoms with Gasteiger partial charge in [-0.2, -0.15) is 5.10 Å². The molecule has 1 N–H and O–H groups in total. The number of aromatic nitrogens is 3. The molecule has 0 aliphatic heterocycles. The highest BCUT2D eigenvalue weighted by molar-refractivity contribution is 6.30. The fourth-order valence-electron chi connectivity index (χ4n) is 1.67. The van der Waals surface area contributed by atoms with E-state index in [2.05, 4.69) is 5.10 Å². The van der Waals surface area contributed by atoms with Crippen molar-refractivity contribution < 1.29 is 9.90 Å². The van der Waals surface area contributed by atoms with E-state index in [4.69, 9.17) is 16.7 Å². The van der Waals surface area contributed by atoms with Gasteiger partial charge in [-0.1, -0.05) is 11.6 Å². The Kier molecular flexibility index (Phi) is 2.93. The molecule has 2 aromatic heterocycles. The molecule has 2 rings (SSSR count). The third-order valence-corrected chi connectivity index (χ3v) is 2.97. The monoisotopic (exact) mass is 253 g/mol. The van der Waals surface area contributed by atoms with Crippen molar-refractivity contribution in [2.24, 2.45) is 7.05 Å². The second-order valence-electron chi connectivity index (χ2n) is 3.86. The topological polar surface area (TPSA) is 60.1 Å². The first-order valence-corrected chi connectivity index (χ1v) is 5.43. The van der Waals surface area contributed by atoms with Gasteiger partial charge >= 0.3 is 5.97 Å². The fraction of sp³-hybridized carbons (Fsp3) is 0.273. The van der Waals surface area contributed by atoms with E-state index in [1.807, 2.05) is 14.0 Å². The predicted octanol–water partition coefficient (Wildman–Crippen LogP) is 1.93. The van der Waals surface area contributed by atoms with E-state index in [1.54, 1.807) is 21.6 Å². The standard InChI is InChI=1S/C11H12ClN3O2/c1-7-8(4-13-14(7)2)5-15-6-9(12)3-10(15)11(16)17/h3-4,6H,5H2,1-2H3,(H,16,17). The molecule has 0 saturated carbocycles. The van der Waals surface area contributed by atoms with Crippen LogP contribution in [0.5, 0.6) is 0 Å². The normalized spacial score (nSPS) is 10.8. The molecule has 2 aromatic rings. The van der Waals surface area contributed by atoms with Crippen molar-refractivity contribution in [1.29, 1.82) is 0 Å². The zero-order valence-electron chi connectivity index (χ0n) is 9.51. The van der Waals surface area contributed by atoms with Crippen LogP contribution >= 0.6 is 11.6 Å². The maximum absolute atomic E-state index is 11.0. The molecule has 0 radical (unpaired) electrons. The van der Waals surface area contributed by atoms with E-state index in [0.717, 1.165) is 11.3 Å². The lowest BCUT2D eigenvalue weighted by Crippen LogP contribution is -2.09. The van der Waals surface area contributed by atoms with Gasteiger partial charge in [0.25, 0.3) is 0 Å². The van der Waals surface area contributed by atoms with Crippen molar-refractivity contribution >= 4 is 17.6 Å². The van der Waals surface area contributed by atoms with E-state index in [0.29, 0.717) is 11.6 Å². The summed E-state index contributed by atoms with van der Waals surface area (Å²) in [5.41, 5.74) is 2.16. The van der Waals surface area contributed by atoms with Crippen molar-refractivity contribution in [3.05, 3.63) is 40.4 Å². The van der Waals surface area contributed by atoms with E-state index in [1.165, 1.54) is 6.07 Å². The van der Waals surface area contributed by atoms with Gasteiger partial charge in [0.2, 0.25) is 0 Å². The van der Waals surface area contributed by atoms with Crippen molar-refractivity contribution in [3.8, 4) is 0 Å². The third-order valence-electron chi connectivity index (χ3n) is 2.76. The Bertz CT molecular complexity index is 571. The summed E-state index contributed by atoms with van der Waals surface area (Å²) in [6.45, 7) is 2.39. The molecule has 6 heteroatoms. The van der Waals surface area contributed by atoms with Gasteiger partial charge in [0.1, 0.15) is 5.69 Å². The molecule has 0 atom stereocenters. The zero-order valence-corrected chi connectivity index (χ0v) is 10.3. The number of carboxylic acids is 1. The third kappa shape index (κ3) is 2.19. The first-order chi connectivity index (χ1) is 7.99. The summed E-state index contributed by atoms with van der Waals surface area (Å²) in [6.07, 6.45) is 3.34. The summed E-state index contributed by atoms with van der Waals surface area (Å²) < 4.78 is 3.36. The Labute approximate surface area is 103 Å². The van der Waals surface area contributed by atoms with Crippen LogP contribution in [-0.4, -0.2) is 25.4 Å². The van der Waals surface area contributed by atoms with Gasteiger partial charge in [-0.05, 0) is 13.0 Å². The maximum atomic E-state index is 11.0. The first kappa shape index (κ1) is 11.7. The van der Waals surface area contributed by atoms with Crippen LogP contribution in [0.3, 0.4) is 0 Å². The minimum atomic E-state index is -0.988. The van der Waals surface area contributed by atoms with Crippen LogP contribution < -0.4 is 0 Å². The van der Waals surface area contributed by atoms with E-state index < -0.39 is 5.97 Å². The second kappa shape index (κ2) is 4.25. The summed E-state index contributed by atoms with van der Waals surface area (Å²) in [5.74, 6) is -0.988. The maximum Gasteiger partial charge on any atom is 0.352 e. The van der Waals surface area contributed by atoms with E-state index in [-0.39, 0.29) is 5.69 Å². The van der Waals surface area contributed by atoms with Gasteiger partial charge in [-0.25, -0.2) is 4.79 Å². The van der Waals surface area contributed by atoms with Crippen molar-refractivity contribution in [3.63, 3.8) is 0 Å². The van der Waals surface area contributed by atoms with Crippen molar-refractivity contribution in [2.75, 3.05) is 0 Å². The van der Waals surface area contributed by atoms with Gasteiger partial charge < -0.3 is 9.67 Å². The lowest BCUT2D eigenvalue weighted by atomic mass is 10.2. The number of rotatable bonds is 3. The summed E-state index contributed by atoms with van der Waals surface area (Å²) in [7, 11) is 1.85. The van der Waals surface area contributed by atoms with E-state index >= 15 is 0 Å². The number of carbonyl (C=O) groups is 1. The van der Waals surface area contributed by atoms with Crippen LogP contribution in [0.4, 0.5) is 0 Å². The van der Waals surface area contributed by atoms with Crippen molar-refractivity contribution in [2.45, 2.75) is 13.5 Å². The number of hydrogen-bond donors (Lipinski definition) is 1. The summed E-state index contributed by atoms with van der Waals surface area (Å²) >= 11 is 5.82. The Morgan fingerprint density at radius 3 is 2.82 bits per heavy atom. The van der Waals surface area contributed by atoms with Crippen molar-refractivity contribution in [1.82, 2.24) is 14.3 Å². The van der Waals surface area contributed by atoms with Gasteiger partial charge in [-0.3, -0.25) is 4.68 Å².